The van der Waals surface area contributed by atoms with Gasteiger partial charge in [-0.1, -0.05) is 90.4 Å². The summed E-state index contributed by atoms with van der Waals surface area (Å²) in [6.07, 6.45) is 19.8. The van der Waals surface area contributed by atoms with Crippen LogP contribution in [0.15, 0.2) is 0 Å². The predicted octanol–water partition coefficient (Wildman–Crippen LogP) is 7.68. The Balaban J connectivity index is 0. The van der Waals surface area contributed by atoms with E-state index in [0.29, 0.717) is 0 Å². The second-order valence-electron chi connectivity index (χ2n) is 5.14. The molecule has 0 rings (SSSR count). The Labute approximate surface area is 138 Å². The van der Waals surface area contributed by atoms with Crippen LogP contribution < -0.4 is 0 Å². The molecular formula is C16H33Cl2Ir. The van der Waals surface area contributed by atoms with Crippen molar-refractivity contribution in [3.63, 3.8) is 0 Å². The van der Waals surface area contributed by atoms with Gasteiger partial charge in [-0.2, -0.15) is 6.42 Å². The van der Waals surface area contributed by atoms with Crippen molar-refractivity contribution >= 4 is 19.2 Å². The normalized spacial score (nSPS) is 10.3. The molecule has 0 spiro atoms. The van der Waals surface area contributed by atoms with E-state index >= 15 is 0 Å². The van der Waals surface area contributed by atoms with Crippen LogP contribution in [-0.4, -0.2) is 0 Å². The molecule has 0 aromatic heterocycles. The molecule has 0 amide bonds. The molecule has 0 aliphatic heterocycles. The first-order chi connectivity index (χ1) is 9.33. The summed E-state index contributed by atoms with van der Waals surface area (Å²) in [5.74, 6) is 0. The average molecular weight is 489 g/mol. The van der Waals surface area contributed by atoms with Crippen LogP contribution >= 0.6 is 19.2 Å². The van der Waals surface area contributed by atoms with Crippen LogP contribution in [0.4, 0.5) is 0 Å². The van der Waals surface area contributed by atoms with E-state index in [2.05, 4.69) is 13.8 Å². The van der Waals surface area contributed by atoms with Crippen molar-refractivity contribution in [1.82, 2.24) is 0 Å². The van der Waals surface area contributed by atoms with Gasteiger partial charge in [0.2, 0.25) is 0 Å². The Hall–Kier alpha value is 1.23. The topological polar surface area (TPSA) is 0 Å². The molecule has 0 heterocycles. The van der Waals surface area contributed by atoms with Gasteiger partial charge in [0.05, 0.1) is 0 Å². The molecule has 0 unspecified atom stereocenters. The van der Waals surface area contributed by atoms with Gasteiger partial charge in [0.15, 0.2) is 0 Å². The number of rotatable bonds is 13. The van der Waals surface area contributed by atoms with Crippen molar-refractivity contribution in [3.05, 3.63) is 6.92 Å². The number of unbranched alkanes of at least 4 members (excludes halogenated alkanes) is 13. The van der Waals surface area contributed by atoms with Crippen LogP contribution in [0.1, 0.15) is 96.8 Å². The molecule has 19 heavy (non-hydrogen) atoms. The zero-order valence-corrected chi connectivity index (χ0v) is 16.6. The Kier molecular flexibility index (Phi) is 28.7. The third kappa shape index (κ3) is 28.2. The Morgan fingerprint density at radius 3 is 1.16 bits per heavy atom. The van der Waals surface area contributed by atoms with Gasteiger partial charge in [-0.25, -0.2) is 0 Å². The van der Waals surface area contributed by atoms with Crippen LogP contribution in [0.5, 0.6) is 0 Å². The molecule has 0 radical (unpaired) electrons. The van der Waals surface area contributed by atoms with Gasteiger partial charge in [-0.05, 0) is 0 Å². The summed E-state index contributed by atoms with van der Waals surface area (Å²) in [5, 5.41) is 0. The molecule has 0 aromatic rings. The molecule has 0 nitrogen and oxygen atoms in total. The molecule has 0 N–H and O–H groups in total. The predicted molar refractivity (Wildman–Crippen MR) is 87.4 cm³/mol. The van der Waals surface area contributed by atoms with E-state index in [0.717, 1.165) is 6.42 Å². The molecule has 0 aliphatic rings. The van der Waals surface area contributed by atoms with Gasteiger partial charge in [-0.15, -0.1) is 0 Å². The summed E-state index contributed by atoms with van der Waals surface area (Å²) in [6, 6.07) is 0. The van der Waals surface area contributed by atoms with Crippen molar-refractivity contribution in [2.75, 3.05) is 0 Å². The van der Waals surface area contributed by atoms with E-state index < -0.39 is 15.7 Å². The first-order valence-corrected chi connectivity index (χ1v) is 13.9. The zero-order valence-electron chi connectivity index (χ0n) is 12.7. The maximum absolute atomic E-state index is 4.89. The standard InChI is InChI=1S/C16H33.2ClH.Ir/c1-3-5-7-9-11-13-15-16-14-12-10-8-6-4-2;;;/h1,3-16H2,2H3;2*1H;/q-1;;;+3/p-2. The monoisotopic (exact) mass is 488 g/mol. The van der Waals surface area contributed by atoms with Crippen LogP contribution in [-0.2, 0) is 15.7 Å². The van der Waals surface area contributed by atoms with Gasteiger partial charge >= 0.3 is 34.8 Å². The van der Waals surface area contributed by atoms with E-state index in [1.807, 2.05) is 0 Å². The summed E-state index contributed by atoms with van der Waals surface area (Å²) in [5.41, 5.74) is 0. The van der Waals surface area contributed by atoms with Gasteiger partial charge in [-0.3, -0.25) is 0 Å². The molecule has 0 bridgehead atoms. The average Bonchev–Trinajstić information content (AvgIpc) is 2.41. The summed E-state index contributed by atoms with van der Waals surface area (Å²) >= 11 is -0.556. The third-order valence-corrected chi connectivity index (χ3v) is 3.35. The fourth-order valence-electron chi connectivity index (χ4n) is 2.19. The van der Waals surface area contributed by atoms with Crippen LogP contribution in [0.25, 0.3) is 0 Å². The molecule has 0 fully saturated rings. The molecule has 0 atom stereocenters. The number of hydrogen-bond donors (Lipinski definition) is 0. The van der Waals surface area contributed by atoms with Crippen molar-refractivity contribution in [1.29, 1.82) is 0 Å². The van der Waals surface area contributed by atoms with Gasteiger partial charge in [0, 0.05) is 0 Å². The fourth-order valence-corrected chi connectivity index (χ4v) is 2.19. The zero-order chi connectivity index (χ0) is 14.6. The van der Waals surface area contributed by atoms with Crippen LogP contribution in [0, 0.1) is 6.92 Å². The molecule has 0 aliphatic carbocycles. The quantitative estimate of drug-likeness (QED) is 0.184. The van der Waals surface area contributed by atoms with Crippen molar-refractivity contribution in [3.8, 4) is 0 Å². The minimum absolute atomic E-state index is 0.556. The number of hydrogen-bond acceptors (Lipinski definition) is 0. The van der Waals surface area contributed by atoms with E-state index in [4.69, 9.17) is 19.2 Å². The fraction of sp³-hybridized carbons (Fsp3) is 0.938. The second-order valence-corrected chi connectivity index (χ2v) is 8.60. The second kappa shape index (κ2) is 24.3. The summed E-state index contributed by atoms with van der Waals surface area (Å²) in [4.78, 5) is 0. The van der Waals surface area contributed by atoms with Crippen molar-refractivity contribution < 1.29 is 15.7 Å². The Morgan fingerprint density at radius 1 is 0.632 bits per heavy atom. The van der Waals surface area contributed by atoms with E-state index in [-0.39, 0.29) is 0 Å². The van der Waals surface area contributed by atoms with Crippen LogP contribution in [0.3, 0.4) is 0 Å². The Morgan fingerprint density at radius 2 is 0.895 bits per heavy atom. The third-order valence-electron chi connectivity index (χ3n) is 3.35. The van der Waals surface area contributed by atoms with E-state index in [9.17, 15) is 0 Å². The first-order valence-electron chi connectivity index (χ1n) is 7.96. The SMILES string of the molecule is [CH2-]CCCCCCCCCCCCCCC.[Cl][Ir+][Cl]. The summed E-state index contributed by atoms with van der Waals surface area (Å²) < 4.78 is 0. The molecular weight excluding hydrogens is 455 g/mol. The van der Waals surface area contributed by atoms with Gasteiger partial charge in [0.1, 0.15) is 0 Å². The Bertz CT molecular complexity index is 118. The summed E-state index contributed by atoms with van der Waals surface area (Å²) in [6.45, 7) is 6.16. The van der Waals surface area contributed by atoms with Crippen molar-refractivity contribution in [2.24, 2.45) is 0 Å². The van der Waals surface area contributed by atoms with E-state index in [1.54, 1.807) is 0 Å². The maximum atomic E-state index is 4.89. The number of halogens is 2. The summed E-state index contributed by atoms with van der Waals surface area (Å²) in [7, 11) is 9.78. The first kappa shape index (κ1) is 22.5. The van der Waals surface area contributed by atoms with Crippen molar-refractivity contribution in [2.45, 2.75) is 96.8 Å². The molecule has 120 valence electrons. The molecule has 0 aromatic carbocycles. The minimum atomic E-state index is -0.556. The van der Waals surface area contributed by atoms with Gasteiger partial charge in [0.25, 0.3) is 0 Å². The van der Waals surface area contributed by atoms with Gasteiger partial charge < -0.3 is 6.92 Å². The van der Waals surface area contributed by atoms with E-state index in [1.165, 1.54) is 83.5 Å². The molecule has 0 saturated heterocycles. The molecule has 3 heteroatoms. The van der Waals surface area contributed by atoms with Crippen LogP contribution in [0.2, 0.25) is 0 Å². The molecule has 0 saturated carbocycles.